The first-order valence-corrected chi connectivity index (χ1v) is 6.23. The van der Waals surface area contributed by atoms with Crippen molar-refractivity contribution in [3.8, 4) is 11.5 Å². The molecule has 0 amide bonds. The van der Waals surface area contributed by atoms with Crippen LogP contribution < -0.4 is 10.5 Å². The van der Waals surface area contributed by atoms with Gasteiger partial charge in [-0.15, -0.1) is 0 Å². The lowest BCUT2D eigenvalue weighted by atomic mass is 10.1. The van der Waals surface area contributed by atoms with E-state index in [-0.39, 0.29) is 6.04 Å². The maximum absolute atomic E-state index is 5.95. The molecule has 0 radical (unpaired) electrons. The predicted octanol–water partition coefficient (Wildman–Crippen LogP) is 4.46. The van der Waals surface area contributed by atoms with E-state index in [0.29, 0.717) is 5.02 Å². The lowest BCUT2D eigenvalue weighted by Gasteiger charge is -2.10. The van der Waals surface area contributed by atoms with Gasteiger partial charge < -0.3 is 10.5 Å². The summed E-state index contributed by atoms with van der Waals surface area (Å²) in [6.45, 7) is 3.94. The number of nitrogens with two attached hydrogens (primary N) is 1. The largest absolute Gasteiger partial charge is 0.457 e. The molecular weight excluding hydrogens is 246 g/mol. The zero-order valence-corrected chi connectivity index (χ0v) is 11.2. The summed E-state index contributed by atoms with van der Waals surface area (Å²) in [5.74, 6) is 1.56. The molecule has 0 aromatic heterocycles. The number of hydrogen-bond donors (Lipinski definition) is 1. The second-order valence-electron chi connectivity index (χ2n) is 4.37. The average molecular weight is 262 g/mol. The molecule has 0 saturated heterocycles. The van der Waals surface area contributed by atoms with Crippen LogP contribution in [0.1, 0.15) is 24.1 Å². The van der Waals surface area contributed by atoms with Gasteiger partial charge in [-0.25, -0.2) is 0 Å². The lowest BCUT2D eigenvalue weighted by molar-refractivity contribution is 0.478. The second-order valence-corrected chi connectivity index (χ2v) is 4.81. The third-order valence-electron chi connectivity index (χ3n) is 2.78. The van der Waals surface area contributed by atoms with E-state index >= 15 is 0 Å². The van der Waals surface area contributed by atoms with Crippen LogP contribution in [-0.2, 0) is 0 Å². The summed E-state index contributed by atoms with van der Waals surface area (Å²) in [7, 11) is 0. The molecule has 2 aromatic rings. The Morgan fingerprint density at radius 3 is 2.39 bits per heavy atom. The maximum Gasteiger partial charge on any atom is 0.131 e. The Kier molecular flexibility index (Phi) is 3.90. The van der Waals surface area contributed by atoms with Crippen LogP contribution in [0.25, 0.3) is 0 Å². The van der Waals surface area contributed by atoms with Crippen molar-refractivity contribution in [2.75, 3.05) is 0 Å². The second kappa shape index (κ2) is 5.42. The van der Waals surface area contributed by atoms with Crippen molar-refractivity contribution in [3.63, 3.8) is 0 Å². The first kappa shape index (κ1) is 12.9. The van der Waals surface area contributed by atoms with E-state index in [0.717, 1.165) is 22.6 Å². The zero-order chi connectivity index (χ0) is 13.1. The molecule has 0 aliphatic rings. The molecule has 2 rings (SSSR count). The molecule has 2 nitrogen and oxygen atoms in total. The van der Waals surface area contributed by atoms with E-state index in [9.17, 15) is 0 Å². The third kappa shape index (κ3) is 3.03. The van der Waals surface area contributed by atoms with Crippen LogP contribution in [0.15, 0.2) is 42.5 Å². The molecule has 1 atom stereocenters. The first-order valence-electron chi connectivity index (χ1n) is 5.86. The van der Waals surface area contributed by atoms with Gasteiger partial charge in [-0.1, -0.05) is 29.8 Å². The molecule has 0 saturated carbocycles. The Morgan fingerprint density at radius 2 is 1.78 bits per heavy atom. The van der Waals surface area contributed by atoms with Crippen molar-refractivity contribution in [3.05, 3.63) is 58.6 Å². The van der Waals surface area contributed by atoms with Crippen LogP contribution in [-0.4, -0.2) is 0 Å². The van der Waals surface area contributed by atoms with Gasteiger partial charge in [-0.3, -0.25) is 0 Å². The van der Waals surface area contributed by atoms with Crippen molar-refractivity contribution >= 4 is 11.6 Å². The monoisotopic (exact) mass is 261 g/mol. The van der Waals surface area contributed by atoms with Gasteiger partial charge in [-0.05, 0) is 49.2 Å². The molecule has 0 bridgehead atoms. The summed E-state index contributed by atoms with van der Waals surface area (Å²) in [5.41, 5.74) is 7.94. The number of benzene rings is 2. The van der Waals surface area contributed by atoms with Gasteiger partial charge in [0.2, 0.25) is 0 Å². The van der Waals surface area contributed by atoms with Crippen LogP contribution >= 0.6 is 11.6 Å². The topological polar surface area (TPSA) is 35.2 Å². The van der Waals surface area contributed by atoms with Crippen LogP contribution in [0.3, 0.4) is 0 Å². The smallest absolute Gasteiger partial charge is 0.131 e. The molecule has 18 heavy (non-hydrogen) atoms. The normalized spacial score (nSPS) is 12.2. The number of aryl methyl sites for hydroxylation is 1. The van der Waals surface area contributed by atoms with Gasteiger partial charge in [0.1, 0.15) is 11.5 Å². The van der Waals surface area contributed by atoms with E-state index in [1.807, 2.05) is 56.3 Å². The molecule has 0 fully saturated rings. The van der Waals surface area contributed by atoms with Crippen molar-refractivity contribution < 1.29 is 4.74 Å². The van der Waals surface area contributed by atoms with Gasteiger partial charge in [-0.2, -0.15) is 0 Å². The van der Waals surface area contributed by atoms with Crippen molar-refractivity contribution in [1.29, 1.82) is 0 Å². The number of rotatable bonds is 3. The van der Waals surface area contributed by atoms with E-state index in [1.54, 1.807) is 0 Å². The fourth-order valence-electron chi connectivity index (χ4n) is 1.65. The van der Waals surface area contributed by atoms with Crippen LogP contribution in [0.2, 0.25) is 5.02 Å². The third-order valence-corrected chi connectivity index (χ3v) is 3.02. The molecule has 3 heteroatoms. The fraction of sp³-hybridized carbons (Fsp3) is 0.200. The van der Waals surface area contributed by atoms with E-state index in [2.05, 4.69) is 0 Å². The Hall–Kier alpha value is -1.51. The SMILES string of the molecule is Cc1ccc(Cl)cc1Oc1ccc([C@@H](C)N)cc1. The Bertz CT molecular complexity index is 535. The summed E-state index contributed by atoms with van der Waals surface area (Å²) in [4.78, 5) is 0. The highest BCUT2D eigenvalue weighted by Crippen LogP contribution is 2.28. The Morgan fingerprint density at radius 1 is 1.11 bits per heavy atom. The zero-order valence-electron chi connectivity index (χ0n) is 10.5. The van der Waals surface area contributed by atoms with Gasteiger partial charge in [0.25, 0.3) is 0 Å². The average Bonchev–Trinajstić information content (AvgIpc) is 2.34. The van der Waals surface area contributed by atoms with Gasteiger partial charge in [0.15, 0.2) is 0 Å². The molecule has 0 spiro atoms. The molecule has 0 aliphatic carbocycles. The molecule has 94 valence electrons. The minimum atomic E-state index is 0.0342. The highest BCUT2D eigenvalue weighted by molar-refractivity contribution is 6.30. The fourth-order valence-corrected chi connectivity index (χ4v) is 1.81. The minimum absolute atomic E-state index is 0.0342. The van der Waals surface area contributed by atoms with Crippen molar-refractivity contribution in [2.45, 2.75) is 19.9 Å². The van der Waals surface area contributed by atoms with Crippen LogP contribution in [0.5, 0.6) is 11.5 Å². The number of hydrogen-bond acceptors (Lipinski definition) is 2. The summed E-state index contributed by atoms with van der Waals surface area (Å²) in [5, 5.41) is 0.669. The standard InChI is InChI=1S/C15H16ClNO/c1-10-3-6-13(16)9-15(10)18-14-7-4-12(5-8-14)11(2)17/h3-9,11H,17H2,1-2H3/t11-/m1/s1. The molecule has 0 heterocycles. The first-order chi connectivity index (χ1) is 8.56. The molecule has 2 N–H and O–H groups in total. The van der Waals surface area contributed by atoms with Crippen molar-refractivity contribution in [1.82, 2.24) is 0 Å². The van der Waals surface area contributed by atoms with E-state index in [1.165, 1.54) is 0 Å². The number of ether oxygens (including phenoxy) is 1. The van der Waals surface area contributed by atoms with E-state index < -0.39 is 0 Å². The van der Waals surface area contributed by atoms with Crippen molar-refractivity contribution in [2.24, 2.45) is 5.73 Å². The number of halogens is 1. The van der Waals surface area contributed by atoms with Gasteiger partial charge in [0.05, 0.1) is 0 Å². The molecule has 0 unspecified atom stereocenters. The molecule has 2 aromatic carbocycles. The predicted molar refractivity (Wildman–Crippen MR) is 75.3 cm³/mol. The quantitative estimate of drug-likeness (QED) is 0.885. The lowest BCUT2D eigenvalue weighted by Crippen LogP contribution is -2.04. The summed E-state index contributed by atoms with van der Waals surface area (Å²) in [6.07, 6.45) is 0. The van der Waals surface area contributed by atoms with Gasteiger partial charge in [0, 0.05) is 11.1 Å². The Labute approximate surface area is 112 Å². The summed E-state index contributed by atoms with van der Waals surface area (Å²) < 4.78 is 5.80. The minimum Gasteiger partial charge on any atom is -0.457 e. The van der Waals surface area contributed by atoms with Crippen LogP contribution in [0.4, 0.5) is 0 Å². The Balaban J connectivity index is 2.21. The summed E-state index contributed by atoms with van der Waals surface area (Å²) in [6, 6.07) is 13.4. The van der Waals surface area contributed by atoms with Crippen LogP contribution in [0, 0.1) is 6.92 Å². The maximum atomic E-state index is 5.95. The molecular formula is C15H16ClNO. The van der Waals surface area contributed by atoms with Gasteiger partial charge >= 0.3 is 0 Å². The highest BCUT2D eigenvalue weighted by atomic mass is 35.5. The highest BCUT2D eigenvalue weighted by Gasteiger charge is 2.04. The van der Waals surface area contributed by atoms with E-state index in [4.69, 9.17) is 22.1 Å². The molecule has 0 aliphatic heterocycles. The summed E-state index contributed by atoms with van der Waals surface area (Å²) >= 11 is 5.95.